The SMILES string of the molecule is CCCS(=O)(=O)N1CCOCC2(CCC(Cn3cncn3)O2)C1. The molecule has 2 aliphatic rings. The van der Waals surface area contributed by atoms with Gasteiger partial charge in [-0.15, -0.1) is 0 Å². The lowest BCUT2D eigenvalue weighted by molar-refractivity contribution is -0.0860. The van der Waals surface area contributed by atoms with E-state index < -0.39 is 15.6 Å². The predicted octanol–water partition coefficient (Wildman–Crippen LogP) is 0.268. The van der Waals surface area contributed by atoms with E-state index in [9.17, 15) is 8.42 Å². The normalized spacial score (nSPS) is 29.9. The second kappa shape index (κ2) is 6.84. The van der Waals surface area contributed by atoms with Gasteiger partial charge >= 0.3 is 0 Å². The van der Waals surface area contributed by atoms with Gasteiger partial charge in [0.25, 0.3) is 0 Å². The summed E-state index contributed by atoms with van der Waals surface area (Å²) in [6.07, 6.45) is 5.45. The number of ether oxygens (including phenoxy) is 2. The van der Waals surface area contributed by atoms with Crippen LogP contribution >= 0.6 is 0 Å². The molecule has 23 heavy (non-hydrogen) atoms. The van der Waals surface area contributed by atoms with Crippen molar-refractivity contribution in [2.24, 2.45) is 0 Å². The Labute approximate surface area is 136 Å². The quantitative estimate of drug-likeness (QED) is 0.762. The molecule has 3 heterocycles. The lowest BCUT2D eigenvalue weighted by atomic mass is 10.0. The number of aromatic nitrogens is 3. The maximum Gasteiger partial charge on any atom is 0.214 e. The number of sulfonamides is 1. The van der Waals surface area contributed by atoms with Crippen LogP contribution in [0.4, 0.5) is 0 Å². The van der Waals surface area contributed by atoms with E-state index in [0.717, 1.165) is 12.8 Å². The molecule has 130 valence electrons. The van der Waals surface area contributed by atoms with E-state index in [4.69, 9.17) is 9.47 Å². The molecule has 2 fully saturated rings. The monoisotopic (exact) mass is 344 g/mol. The van der Waals surface area contributed by atoms with Gasteiger partial charge in [0.1, 0.15) is 18.3 Å². The highest BCUT2D eigenvalue weighted by Gasteiger charge is 2.45. The lowest BCUT2D eigenvalue weighted by Gasteiger charge is -2.31. The van der Waals surface area contributed by atoms with E-state index in [0.29, 0.717) is 39.3 Å². The van der Waals surface area contributed by atoms with Gasteiger partial charge in [-0.2, -0.15) is 9.40 Å². The fraction of sp³-hybridized carbons (Fsp3) is 0.857. The first kappa shape index (κ1) is 16.8. The van der Waals surface area contributed by atoms with Crippen LogP contribution in [-0.2, 0) is 26.0 Å². The minimum atomic E-state index is -3.24. The zero-order valence-corrected chi connectivity index (χ0v) is 14.2. The molecule has 1 aromatic rings. The van der Waals surface area contributed by atoms with E-state index in [2.05, 4.69) is 10.1 Å². The van der Waals surface area contributed by atoms with Crippen molar-refractivity contribution in [3.63, 3.8) is 0 Å². The summed E-state index contributed by atoms with van der Waals surface area (Å²) < 4.78 is 40.0. The molecule has 3 rings (SSSR count). The first-order valence-electron chi connectivity index (χ1n) is 8.09. The summed E-state index contributed by atoms with van der Waals surface area (Å²) in [5, 5.41) is 4.10. The minimum Gasteiger partial charge on any atom is -0.377 e. The first-order chi connectivity index (χ1) is 11.0. The van der Waals surface area contributed by atoms with Crippen molar-refractivity contribution in [1.82, 2.24) is 19.1 Å². The maximum absolute atomic E-state index is 12.4. The largest absolute Gasteiger partial charge is 0.377 e. The highest BCUT2D eigenvalue weighted by Crippen LogP contribution is 2.34. The number of hydrogen-bond donors (Lipinski definition) is 0. The van der Waals surface area contributed by atoms with Crippen LogP contribution in [0.5, 0.6) is 0 Å². The predicted molar refractivity (Wildman–Crippen MR) is 83.3 cm³/mol. The van der Waals surface area contributed by atoms with Gasteiger partial charge in [0.2, 0.25) is 10.0 Å². The summed E-state index contributed by atoms with van der Waals surface area (Å²) in [4.78, 5) is 3.93. The molecule has 2 atom stereocenters. The van der Waals surface area contributed by atoms with Crippen LogP contribution in [0.15, 0.2) is 12.7 Å². The van der Waals surface area contributed by atoms with Gasteiger partial charge in [0.05, 0.1) is 31.6 Å². The van der Waals surface area contributed by atoms with Crippen LogP contribution in [0, 0.1) is 0 Å². The van der Waals surface area contributed by atoms with Gasteiger partial charge in [-0.1, -0.05) is 6.92 Å². The molecule has 9 heteroatoms. The smallest absolute Gasteiger partial charge is 0.214 e. The molecule has 0 bridgehead atoms. The van der Waals surface area contributed by atoms with Crippen LogP contribution in [0.3, 0.4) is 0 Å². The van der Waals surface area contributed by atoms with E-state index in [-0.39, 0.29) is 11.9 Å². The van der Waals surface area contributed by atoms with Crippen molar-refractivity contribution in [2.45, 2.75) is 44.4 Å². The van der Waals surface area contributed by atoms with Gasteiger partial charge in [-0.3, -0.25) is 4.68 Å². The van der Waals surface area contributed by atoms with Crippen molar-refractivity contribution in [3.05, 3.63) is 12.7 Å². The maximum atomic E-state index is 12.4. The first-order valence-corrected chi connectivity index (χ1v) is 9.70. The Kier molecular flexibility index (Phi) is 5.00. The zero-order chi connectivity index (χ0) is 16.3. The third-order valence-electron chi connectivity index (χ3n) is 4.37. The van der Waals surface area contributed by atoms with Crippen LogP contribution in [0.2, 0.25) is 0 Å². The third kappa shape index (κ3) is 3.90. The molecule has 0 radical (unpaired) electrons. The second-order valence-electron chi connectivity index (χ2n) is 6.28. The molecule has 2 unspecified atom stereocenters. The van der Waals surface area contributed by atoms with Gasteiger partial charge in [0, 0.05) is 13.1 Å². The third-order valence-corrected chi connectivity index (χ3v) is 6.39. The topological polar surface area (TPSA) is 86.6 Å². The summed E-state index contributed by atoms with van der Waals surface area (Å²) >= 11 is 0. The molecule has 8 nitrogen and oxygen atoms in total. The molecule has 2 saturated heterocycles. The van der Waals surface area contributed by atoms with Crippen molar-refractivity contribution >= 4 is 10.0 Å². The second-order valence-corrected chi connectivity index (χ2v) is 8.37. The van der Waals surface area contributed by atoms with Crippen molar-refractivity contribution in [1.29, 1.82) is 0 Å². The van der Waals surface area contributed by atoms with Gasteiger partial charge in [-0.05, 0) is 19.3 Å². The number of nitrogens with zero attached hydrogens (tertiary/aromatic N) is 4. The molecular weight excluding hydrogens is 320 g/mol. The van der Waals surface area contributed by atoms with Crippen LogP contribution in [-0.4, -0.2) is 71.2 Å². The molecule has 0 aromatic carbocycles. The van der Waals surface area contributed by atoms with E-state index in [1.807, 2.05) is 6.92 Å². The number of hydrogen-bond acceptors (Lipinski definition) is 6. The Morgan fingerprint density at radius 3 is 3.04 bits per heavy atom. The average Bonchev–Trinajstić information content (AvgIpc) is 3.07. The standard InChI is InChI=1S/C14H24N4O4S/c1-2-7-23(19,20)18-5-6-21-10-14(9-18)4-3-13(22-14)8-17-12-15-11-16-17/h11-13H,2-10H2,1H3. The molecular formula is C14H24N4O4S. The van der Waals surface area contributed by atoms with E-state index in [1.54, 1.807) is 15.3 Å². The highest BCUT2D eigenvalue weighted by molar-refractivity contribution is 7.89. The summed E-state index contributed by atoms with van der Waals surface area (Å²) in [6, 6.07) is 0. The summed E-state index contributed by atoms with van der Waals surface area (Å²) in [6.45, 7) is 4.15. The Hall–Kier alpha value is -1.03. The number of rotatable bonds is 5. The summed E-state index contributed by atoms with van der Waals surface area (Å²) in [5.74, 6) is 0.172. The van der Waals surface area contributed by atoms with Gasteiger partial charge < -0.3 is 9.47 Å². The van der Waals surface area contributed by atoms with Crippen molar-refractivity contribution in [2.75, 3.05) is 32.1 Å². The van der Waals surface area contributed by atoms with E-state index >= 15 is 0 Å². The fourth-order valence-corrected chi connectivity index (χ4v) is 4.84. The van der Waals surface area contributed by atoms with Crippen LogP contribution < -0.4 is 0 Å². The Balaban J connectivity index is 1.68. The van der Waals surface area contributed by atoms with Crippen molar-refractivity contribution in [3.8, 4) is 0 Å². The van der Waals surface area contributed by atoms with Gasteiger partial charge in [-0.25, -0.2) is 13.4 Å². The average molecular weight is 344 g/mol. The Morgan fingerprint density at radius 1 is 1.43 bits per heavy atom. The molecule has 2 aliphatic heterocycles. The van der Waals surface area contributed by atoms with Crippen LogP contribution in [0.25, 0.3) is 0 Å². The Bertz CT molecular complexity index is 606. The van der Waals surface area contributed by atoms with E-state index in [1.165, 1.54) is 6.33 Å². The highest BCUT2D eigenvalue weighted by atomic mass is 32.2. The molecule has 1 spiro atoms. The van der Waals surface area contributed by atoms with Crippen molar-refractivity contribution < 1.29 is 17.9 Å². The minimum absolute atomic E-state index is 0.00845. The molecule has 0 saturated carbocycles. The fourth-order valence-electron chi connectivity index (χ4n) is 3.28. The van der Waals surface area contributed by atoms with Crippen LogP contribution in [0.1, 0.15) is 26.2 Å². The molecule has 0 aliphatic carbocycles. The summed E-state index contributed by atoms with van der Waals surface area (Å²) in [5.41, 5.74) is -0.539. The molecule has 0 N–H and O–H groups in total. The molecule has 1 aromatic heterocycles. The molecule has 0 amide bonds. The summed E-state index contributed by atoms with van der Waals surface area (Å²) in [7, 11) is -3.24. The van der Waals surface area contributed by atoms with Gasteiger partial charge in [0.15, 0.2) is 0 Å². The Morgan fingerprint density at radius 2 is 2.30 bits per heavy atom. The zero-order valence-electron chi connectivity index (χ0n) is 13.4. The lowest BCUT2D eigenvalue weighted by Crippen LogP contribution is -2.47.